The number of anilines is 1. The van der Waals surface area contributed by atoms with Gasteiger partial charge in [-0.3, -0.25) is 13.9 Å². The number of benzene rings is 3. The third kappa shape index (κ3) is 8.07. The molecule has 0 aromatic heterocycles. The van der Waals surface area contributed by atoms with Crippen molar-refractivity contribution in [3.8, 4) is 11.5 Å². The number of aryl methyl sites for hydroxylation is 1. The summed E-state index contributed by atoms with van der Waals surface area (Å²) in [7, 11) is -1.10. The van der Waals surface area contributed by atoms with E-state index in [9.17, 15) is 18.0 Å². The SMILES string of the molecule is COc1ccc(S(=O)(=O)N(CC(=O)N(Cc2cccc(OC)c2)C(C)C(=O)NC2CCCCC2)c2ccc(C)cc2)cc1. The van der Waals surface area contributed by atoms with Gasteiger partial charge in [-0.2, -0.15) is 0 Å². The van der Waals surface area contributed by atoms with Crippen LogP contribution < -0.4 is 19.1 Å². The summed E-state index contributed by atoms with van der Waals surface area (Å²) in [6.45, 7) is 3.19. The standard InChI is InChI=1S/C33H41N3O6S/c1-24-13-15-28(16-14-24)36(43(39,40)31-19-17-29(41-3)18-20-31)23-32(37)35(22-26-9-8-12-30(21-26)42-4)25(2)33(38)34-27-10-6-5-7-11-27/h8-9,12-21,25,27H,5-7,10-11,22-23H2,1-4H3,(H,34,38). The summed E-state index contributed by atoms with van der Waals surface area (Å²) in [5, 5.41) is 3.12. The molecule has 43 heavy (non-hydrogen) atoms. The predicted octanol–water partition coefficient (Wildman–Crippen LogP) is 5.07. The first-order chi connectivity index (χ1) is 20.6. The van der Waals surface area contributed by atoms with Gasteiger partial charge in [0.05, 0.1) is 24.8 Å². The van der Waals surface area contributed by atoms with Crippen molar-refractivity contribution < 1.29 is 27.5 Å². The second kappa shape index (κ2) is 14.4. The fourth-order valence-corrected chi connectivity index (χ4v) is 6.65. The Kier molecular flexibility index (Phi) is 10.7. The van der Waals surface area contributed by atoms with Gasteiger partial charge in [0.2, 0.25) is 11.8 Å². The van der Waals surface area contributed by atoms with E-state index < -0.39 is 28.5 Å². The molecule has 10 heteroatoms. The molecule has 4 rings (SSSR count). The van der Waals surface area contributed by atoms with Gasteiger partial charge in [0.25, 0.3) is 10.0 Å². The van der Waals surface area contributed by atoms with Crippen LogP contribution in [0.5, 0.6) is 11.5 Å². The lowest BCUT2D eigenvalue weighted by atomic mass is 9.95. The maximum absolute atomic E-state index is 14.2. The van der Waals surface area contributed by atoms with Crippen LogP contribution in [-0.2, 0) is 26.2 Å². The van der Waals surface area contributed by atoms with Gasteiger partial charge in [-0.05, 0) is 80.8 Å². The second-order valence-corrected chi connectivity index (χ2v) is 12.8. The number of carbonyl (C=O) groups is 2. The number of amides is 2. The number of carbonyl (C=O) groups excluding carboxylic acids is 2. The van der Waals surface area contributed by atoms with E-state index in [1.807, 2.05) is 19.1 Å². The van der Waals surface area contributed by atoms with Crippen molar-refractivity contribution in [1.29, 1.82) is 0 Å². The minimum absolute atomic E-state index is 0.0177. The van der Waals surface area contributed by atoms with Crippen molar-refractivity contribution in [2.75, 3.05) is 25.1 Å². The highest BCUT2D eigenvalue weighted by atomic mass is 32.2. The molecule has 230 valence electrons. The number of sulfonamides is 1. The van der Waals surface area contributed by atoms with Crippen molar-refractivity contribution in [2.45, 2.75) is 69.5 Å². The van der Waals surface area contributed by atoms with Gasteiger partial charge in [-0.25, -0.2) is 8.42 Å². The Labute approximate surface area is 254 Å². The van der Waals surface area contributed by atoms with Crippen LogP contribution in [0.1, 0.15) is 50.2 Å². The third-order valence-corrected chi connectivity index (χ3v) is 9.64. The first-order valence-corrected chi connectivity index (χ1v) is 16.0. The van der Waals surface area contributed by atoms with Crippen LogP contribution in [0, 0.1) is 6.92 Å². The van der Waals surface area contributed by atoms with Gasteiger partial charge in [-0.15, -0.1) is 0 Å². The fourth-order valence-electron chi connectivity index (χ4n) is 5.23. The largest absolute Gasteiger partial charge is 0.497 e. The number of hydrogen-bond donors (Lipinski definition) is 1. The lowest BCUT2D eigenvalue weighted by molar-refractivity contribution is -0.139. The summed E-state index contributed by atoms with van der Waals surface area (Å²) in [4.78, 5) is 29.1. The van der Waals surface area contributed by atoms with Gasteiger partial charge >= 0.3 is 0 Å². The average Bonchev–Trinajstić information content (AvgIpc) is 3.03. The molecule has 0 heterocycles. The molecule has 9 nitrogen and oxygen atoms in total. The molecule has 0 radical (unpaired) electrons. The van der Waals surface area contributed by atoms with Crippen LogP contribution in [-0.4, -0.2) is 58.0 Å². The maximum atomic E-state index is 14.2. The molecule has 3 aromatic carbocycles. The fraction of sp³-hybridized carbons (Fsp3) is 0.394. The Morgan fingerprint density at radius 3 is 2.19 bits per heavy atom. The minimum atomic E-state index is -4.16. The van der Waals surface area contributed by atoms with E-state index in [4.69, 9.17) is 9.47 Å². The average molecular weight is 608 g/mol. The maximum Gasteiger partial charge on any atom is 0.264 e. The molecule has 0 aliphatic heterocycles. The normalized spacial score (nSPS) is 14.4. The molecule has 1 aliphatic rings. The summed E-state index contributed by atoms with van der Waals surface area (Å²) < 4.78 is 39.7. The molecule has 3 aromatic rings. The number of hydrogen-bond acceptors (Lipinski definition) is 6. The molecule has 1 saturated carbocycles. The molecular formula is C33H41N3O6S. The Bertz CT molecular complexity index is 1490. The Balaban J connectivity index is 1.68. The van der Waals surface area contributed by atoms with E-state index in [2.05, 4.69) is 5.32 Å². The van der Waals surface area contributed by atoms with Crippen molar-refractivity contribution in [1.82, 2.24) is 10.2 Å². The molecule has 1 aliphatic carbocycles. The molecule has 0 spiro atoms. The molecule has 2 amide bonds. The van der Waals surface area contributed by atoms with E-state index in [1.165, 1.54) is 24.1 Å². The van der Waals surface area contributed by atoms with Crippen LogP contribution in [0.4, 0.5) is 5.69 Å². The quantitative estimate of drug-likeness (QED) is 0.308. The monoisotopic (exact) mass is 607 g/mol. The zero-order chi connectivity index (χ0) is 31.0. The first kappa shape index (κ1) is 31.9. The topological polar surface area (TPSA) is 105 Å². The summed E-state index contributed by atoms with van der Waals surface area (Å²) in [5.41, 5.74) is 2.05. The van der Waals surface area contributed by atoms with Crippen molar-refractivity contribution in [3.05, 3.63) is 83.9 Å². The summed E-state index contributed by atoms with van der Waals surface area (Å²) in [6.07, 6.45) is 5.08. The minimum Gasteiger partial charge on any atom is -0.497 e. The van der Waals surface area contributed by atoms with E-state index in [1.54, 1.807) is 62.6 Å². The van der Waals surface area contributed by atoms with Crippen LogP contribution in [0.3, 0.4) is 0 Å². The first-order valence-electron chi connectivity index (χ1n) is 14.6. The van der Waals surface area contributed by atoms with Gasteiger partial charge in [-0.1, -0.05) is 49.1 Å². The van der Waals surface area contributed by atoms with Gasteiger partial charge in [0.1, 0.15) is 24.1 Å². The predicted molar refractivity (Wildman–Crippen MR) is 167 cm³/mol. The Hall–Kier alpha value is -4.05. The number of methoxy groups -OCH3 is 2. The molecule has 0 saturated heterocycles. The van der Waals surface area contributed by atoms with Crippen LogP contribution >= 0.6 is 0 Å². The number of rotatable bonds is 12. The van der Waals surface area contributed by atoms with E-state index >= 15 is 0 Å². The van der Waals surface area contributed by atoms with Crippen molar-refractivity contribution in [2.24, 2.45) is 0 Å². The number of ether oxygens (including phenoxy) is 2. The van der Waals surface area contributed by atoms with E-state index in [0.29, 0.717) is 17.2 Å². The molecule has 1 unspecified atom stereocenters. The van der Waals surface area contributed by atoms with Crippen molar-refractivity contribution >= 4 is 27.5 Å². The molecule has 1 fully saturated rings. The zero-order valence-electron chi connectivity index (χ0n) is 25.3. The van der Waals surface area contributed by atoms with Crippen LogP contribution in [0.15, 0.2) is 77.7 Å². The Morgan fingerprint density at radius 1 is 0.907 bits per heavy atom. The highest BCUT2D eigenvalue weighted by molar-refractivity contribution is 7.92. The molecule has 1 N–H and O–H groups in total. The highest BCUT2D eigenvalue weighted by Gasteiger charge is 2.33. The van der Waals surface area contributed by atoms with Gasteiger partial charge < -0.3 is 19.7 Å². The zero-order valence-corrected chi connectivity index (χ0v) is 26.1. The lowest BCUT2D eigenvalue weighted by Gasteiger charge is -2.33. The summed E-state index contributed by atoms with van der Waals surface area (Å²) in [5.74, 6) is 0.363. The summed E-state index contributed by atoms with van der Waals surface area (Å²) in [6, 6.07) is 19.5. The molecular weight excluding hydrogens is 566 g/mol. The van der Waals surface area contributed by atoms with Crippen molar-refractivity contribution in [3.63, 3.8) is 0 Å². The van der Waals surface area contributed by atoms with E-state index in [0.717, 1.165) is 47.5 Å². The summed E-state index contributed by atoms with van der Waals surface area (Å²) >= 11 is 0. The van der Waals surface area contributed by atoms with Gasteiger partial charge in [0.15, 0.2) is 0 Å². The second-order valence-electron chi connectivity index (χ2n) is 10.9. The van der Waals surface area contributed by atoms with Crippen LogP contribution in [0.2, 0.25) is 0 Å². The molecule has 0 bridgehead atoms. The van der Waals surface area contributed by atoms with Crippen LogP contribution in [0.25, 0.3) is 0 Å². The van der Waals surface area contributed by atoms with E-state index in [-0.39, 0.29) is 23.4 Å². The number of nitrogens with zero attached hydrogens (tertiary/aromatic N) is 2. The lowest BCUT2D eigenvalue weighted by Crippen LogP contribution is -2.53. The number of nitrogens with one attached hydrogen (secondary N) is 1. The Morgan fingerprint density at radius 2 is 1.56 bits per heavy atom. The molecule has 1 atom stereocenters. The highest BCUT2D eigenvalue weighted by Crippen LogP contribution is 2.27. The smallest absolute Gasteiger partial charge is 0.264 e. The third-order valence-electron chi connectivity index (χ3n) is 7.85. The van der Waals surface area contributed by atoms with Gasteiger partial charge in [0, 0.05) is 12.6 Å².